The van der Waals surface area contributed by atoms with Gasteiger partial charge in [0.05, 0.1) is 23.7 Å². The van der Waals surface area contributed by atoms with Crippen LogP contribution in [0.5, 0.6) is 0 Å². The van der Waals surface area contributed by atoms with E-state index in [1.807, 2.05) is 43.3 Å². The molecule has 0 aliphatic carbocycles. The van der Waals surface area contributed by atoms with E-state index in [9.17, 15) is 4.79 Å². The van der Waals surface area contributed by atoms with E-state index in [0.717, 1.165) is 22.5 Å². The molecule has 0 bridgehead atoms. The smallest absolute Gasteiger partial charge is 0.337 e. The van der Waals surface area contributed by atoms with E-state index >= 15 is 0 Å². The molecule has 0 radical (unpaired) electrons. The Balaban J connectivity index is 2.20. The van der Waals surface area contributed by atoms with Crippen molar-refractivity contribution in [1.82, 2.24) is 9.55 Å². The lowest BCUT2D eigenvalue weighted by Gasteiger charge is -2.06. The predicted octanol–water partition coefficient (Wildman–Crippen LogP) is 3.12. The molecule has 0 atom stereocenters. The Morgan fingerprint density at radius 3 is 2.60 bits per heavy atom. The number of ether oxygens (including phenoxy) is 1. The highest BCUT2D eigenvalue weighted by Gasteiger charge is 2.12. The summed E-state index contributed by atoms with van der Waals surface area (Å²) in [6.45, 7) is 1.95. The van der Waals surface area contributed by atoms with Crippen LogP contribution in [0.15, 0.2) is 48.5 Å². The first kappa shape index (κ1) is 12.4. The molecule has 0 saturated heterocycles. The van der Waals surface area contributed by atoms with E-state index in [2.05, 4.69) is 9.55 Å². The summed E-state index contributed by atoms with van der Waals surface area (Å²) in [6, 6.07) is 15.4. The summed E-state index contributed by atoms with van der Waals surface area (Å²) in [5, 5.41) is 0. The van der Waals surface area contributed by atoms with Gasteiger partial charge in [0.1, 0.15) is 5.82 Å². The number of carbonyl (C=O) groups is 1. The Morgan fingerprint density at radius 1 is 1.15 bits per heavy atom. The van der Waals surface area contributed by atoms with Crippen LogP contribution in [-0.4, -0.2) is 22.6 Å². The second kappa shape index (κ2) is 4.81. The number of fused-ring (bicyclic) bond motifs is 1. The molecule has 1 heterocycles. The van der Waals surface area contributed by atoms with Gasteiger partial charge in [-0.1, -0.05) is 18.2 Å². The number of esters is 1. The molecule has 20 heavy (non-hydrogen) atoms. The number of imidazole rings is 1. The summed E-state index contributed by atoms with van der Waals surface area (Å²) < 4.78 is 6.80. The van der Waals surface area contributed by atoms with Crippen LogP contribution in [0.3, 0.4) is 0 Å². The lowest BCUT2D eigenvalue weighted by molar-refractivity contribution is 0.0601. The standard InChI is InChI=1S/C16H14N2O2/c1-11-17-14-10-12(16(19)20-2)8-9-15(14)18(11)13-6-4-3-5-7-13/h3-10H,1-2H3. The van der Waals surface area contributed by atoms with Crippen LogP contribution in [0, 0.1) is 6.92 Å². The molecule has 3 aromatic rings. The van der Waals surface area contributed by atoms with Gasteiger partial charge < -0.3 is 4.74 Å². The zero-order valence-electron chi connectivity index (χ0n) is 11.3. The molecule has 0 N–H and O–H groups in total. The van der Waals surface area contributed by atoms with Crippen LogP contribution in [0.4, 0.5) is 0 Å². The van der Waals surface area contributed by atoms with Crippen LogP contribution >= 0.6 is 0 Å². The van der Waals surface area contributed by atoms with Gasteiger partial charge in [-0.2, -0.15) is 0 Å². The van der Waals surface area contributed by atoms with Crippen molar-refractivity contribution in [1.29, 1.82) is 0 Å². The van der Waals surface area contributed by atoms with Gasteiger partial charge in [0.15, 0.2) is 0 Å². The Hall–Kier alpha value is -2.62. The van der Waals surface area contributed by atoms with Crippen molar-refractivity contribution in [2.24, 2.45) is 0 Å². The number of aromatic nitrogens is 2. The number of nitrogens with zero attached hydrogens (tertiary/aromatic N) is 2. The van der Waals surface area contributed by atoms with Crippen LogP contribution in [0.1, 0.15) is 16.2 Å². The summed E-state index contributed by atoms with van der Waals surface area (Å²) in [5.74, 6) is 0.534. The molecule has 3 rings (SSSR count). The summed E-state index contributed by atoms with van der Waals surface area (Å²) >= 11 is 0. The molecule has 0 unspecified atom stereocenters. The lowest BCUT2D eigenvalue weighted by Crippen LogP contribution is -2.01. The van der Waals surface area contributed by atoms with Crippen molar-refractivity contribution in [3.05, 3.63) is 59.9 Å². The van der Waals surface area contributed by atoms with E-state index in [1.54, 1.807) is 12.1 Å². The van der Waals surface area contributed by atoms with Gasteiger partial charge in [-0.15, -0.1) is 0 Å². The molecule has 0 spiro atoms. The molecular weight excluding hydrogens is 252 g/mol. The first-order chi connectivity index (χ1) is 9.70. The molecular formula is C16H14N2O2. The van der Waals surface area contributed by atoms with E-state index in [-0.39, 0.29) is 5.97 Å². The maximum absolute atomic E-state index is 11.6. The predicted molar refractivity (Wildman–Crippen MR) is 77.1 cm³/mol. The van der Waals surface area contributed by atoms with Gasteiger partial charge >= 0.3 is 5.97 Å². The van der Waals surface area contributed by atoms with Crippen molar-refractivity contribution in [2.45, 2.75) is 6.92 Å². The van der Waals surface area contributed by atoms with Crippen LogP contribution in [0.25, 0.3) is 16.7 Å². The third-order valence-electron chi connectivity index (χ3n) is 3.26. The third-order valence-corrected chi connectivity index (χ3v) is 3.26. The fourth-order valence-electron chi connectivity index (χ4n) is 2.35. The second-order valence-corrected chi connectivity index (χ2v) is 4.53. The van der Waals surface area contributed by atoms with E-state index in [1.165, 1.54) is 7.11 Å². The number of methoxy groups -OCH3 is 1. The fourth-order valence-corrected chi connectivity index (χ4v) is 2.35. The first-order valence-corrected chi connectivity index (χ1v) is 6.33. The summed E-state index contributed by atoms with van der Waals surface area (Å²) in [5.41, 5.74) is 3.33. The minimum absolute atomic E-state index is 0.348. The largest absolute Gasteiger partial charge is 0.465 e. The lowest BCUT2D eigenvalue weighted by atomic mass is 10.2. The number of rotatable bonds is 2. The zero-order valence-corrected chi connectivity index (χ0v) is 11.3. The van der Waals surface area contributed by atoms with Gasteiger partial charge in [-0.25, -0.2) is 9.78 Å². The molecule has 0 aliphatic heterocycles. The van der Waals surface area contributed by atoms with Gasteiger partial charge in [0.2, 0.25) is 0 Å². The molecule has 0 aliphatic rings. The molecule has 0 amide bonds. The van der Waals surface area contributed by atoms with Gasteiger partial charge in [0, 0.05) is 5.69 Å². The highest BCUT2D eigenvalue weighted by atomic mass is 16.5. The van der Waals surface area contributed by atoms with Crippen LogP contribution in [-0.2, 0) is 4.74 Å². The monoisotopic (exact) mass is 266 g/mol. The number of hydrogen-bond acceptors (Lipinski definition) is 3. The summed E-state index contributed by atoms with van der Waals surface area (Å²) in [6.07, 6.45) is 0. The molecule has 1 aromatic heterocycles. The molecule has 0 saturated carbocycles. The Morgan fingerprint density at radius 2 is 1.90 bits per heavy atom. The van der Waals surface area contributed by atoms with Gasteiger partial charge in [-0.05, 0) is 37.3 Å². The highest BCUT2D eigenvalue weighted by Crippen LogP contribution is 2.22. The quantitative estimate of drug-likeness (QED) is 0.669. The SMILES string of the molecule is COC(=O)c1ccc2c(c1)nc(C)n2-c1ccccc1. The third kappa shape index (κ3) is 1.95. The van der Waals surface area contributed by atoms with Crippen LogP contribution < -0.4 is 0 Å². The van der Waals surface area contributed by atoms with E-state index < -0.39 is 0 Å². The van der Waals surface area contributed by atoms with Gasteiger partial charge in [0.25, 0.3) is 0 Å². The number of aryl methyl sites for hydroxylation is 1. The maximum Gasteiger partial charge on any atom is 0.337 e. The average molecular weight is 266 g/mol. The number of para-hydroxylation sites is 1. The number of hydrogen-bond donors (Lipinski definition) is 0. The zero-order chi connectivity index (χ0) is 14.1. The minimum atomic E-state index is -0.348. The van der Waals surface area contributed by atoms with E-state index in [4.69, 9.17) is 4.74 Å². The minimum Gasteiger partial charge on any atom is -0.465 e. The van der Waals surface area contributed by atoms with E-state index in [0.29, 0.717) is 5.56 Å². The fraction of sp³-hybridized carbons (Fsp3) is 0.125. The first-order valence-electron chi connectivity index (χ1n) is 6.33. The molecule has 0 fully saturated rings. The van der Waals surface area contributed by atoms with Crippen molar-refractivity contribution in [3.63, 3.8) is 0 Å². The second-order valence-electron chi connectivity index (χ2n) is 4.53. The number of benzene rings is 2. The summed E-state index contributed by atoms with van der Waals surface area (Å²) in [4.78, 5) is 16.1. The number of carbonyl (C=O) groups excluding carboxylic acids is 1. The maximum atomic E-state index is 11.6. The molecule has 4 nitrogen and oxygen atoms in total. The Labute approximate surface area is 116 Å². The van der Waals surface area contributed by atoms with Gasteiger partial charge in [-0.3, -0.25) is 4.57 Å². The molecule has 2 aromatic carbocycles. The van der Waals surface area contributed by atoms with Crippen molar-refractivity contribution >= 4 is 17.0 Å². The van der Waals surface area contributed by atoms with Crippen molar-refractivity contribution < 1.29 is 9.53 Å². The van der Waals surface area contributed by atoms with Crippen molar-refractivity contribution in [3.8, 4) is 5.69 Å². The topological polar surface area (TPSA) is 44.1 Å². The molecule has 4 heteroatoms. The van der Waals surface area contributed by atoms with Crippen LogP contribution in [0.2, 0.25) is 0 Å². The average Bonchev–Trinajstić information content (AvgIpc) is 2.82. The Kier molecular flexibility index (Phi) is 2.99. The summed E-state index contributed by atoms with van der Waals surface area (Å²) in [7, 11) is 1.38. The van der Waals surface area contributed by atoms with Crippen molar-refractivity contribution in [2.75, 3.05) is 7.11 Å². The normalized spacial score (nSPS) is 10.7. The highest BCUT2D eigenvalue weighted by molar-refractivity contribution is 5.94. The Bertz CT molecular complexity index is 776. The molecule has 100 valence electrons.